The maximum atomic E-state index is 11.0. The molecule has 8 nitrogen and oxygen atoms in total. The van der Waals surface area contributed by atoms with E-state index >= 15 is 0 Å². The molecule has 0 saturated heterocycles. The van der Waals surface area contributed by atoms with E-state index in [-0.39, 0.29) is 12.8 Å². The van der Waals surface area contributed by atoms with Gasteiger partial charge in [-0.15, -0.1) is 0 Å². The summed E-state index contributed by atoms with van der Waals surface area (Å²) >= 11 is 0. The zero-order valence-electron chi connectivity index (χ0n) is 17.7. The highest BCUT2D eigenvalue weighted by Gasteiger charge is 2.08. The Bertz CT molecular complexity index is 595. The molecule has 0 amide bonds. The van der Waals surface area contributed by atoms with E-state index in [9.17, 15) is 19.2 Å². The van der Waals surface area contributed by atoms with Crippen molar-refractivity contribution in [3.05, 3.63) is 35.4 Å². The molecule has 0 bridgehead atoms. The summed E-state index contributed by atoms with van der Waals surface area (Å²) in [5, 5.41) is 16.8. The number of ether oxygens (including phenoxy) is 2. The molecular formula is C22H32O8. The second kappa shape index (κ2) is 17.0. The molecule has 0 heterocycles. The van der Waals surface area contributed by atoms with Gasteiger partial charge in [-0.25, -0.2) is 9.59 Å². The van der Waals surface area contributed by atoms with Gasteiger partial charge >= 0.3 is 23.9 Å². The number of carboxylic acids is 2. The number of carbonyl (C=O) groups is 4. The fourth-order valence-corrected chi connectivity index (χ4v) is 2.59. The molecule has 30 heavy (non-hydrogen) atoms. The summed E-state index contributed by atoms with van der Waals surface area (Å²) < 4.78 is 9.02. The zero-order chi connectivity index (χ0) is 22.8. The largest absolute Gasteiger partial charge is 0.481 e. The molecule has 0 saturated carbocycles. The fraction of sp³-hybridized carbons (Fsp3) is 0.545. The van der Waals surface area contributed by atoms with Crippen LogP contribution in [0.25, 0.3) is 0 Å². The van der Waals surface area contributed by atoms with Gasteiger partial charge in [-0.3, -0.25) is 9.59 Å². The molecule has 168 valence electrons. The van der Waals surface area contributed by atoms with Crippen molar-refractivity contribution in [2.24, 2.45) is 0 Å². The second-order valence-corrected chi connectivity index (χ2v) is 6.68. The normalized spacial score (nSPS) is 9.80. The molecule has 0 aliphatic heterocycles. The van der Waals surface area contributed by atoms with Gasteiger partial charge in [0.05, 0.1) is 25.3 Å². The number of unbranched alkanes of at least 4 members (excludes halogenated alkanes) is 7. The first-order valence-corrected chi connectivity index (χ1v) is 10.0. The second-order valence-electron chi connectivity index (χ2n) is 6.68. The van der Waals surface area contributed by atoms with E-state index < -0.39 is 23.9 Å². The summed E-state index contributed by atoms with van der Waals surface area (Å²) in [6.07, 6.45) is 8.51. The lowest BCUT2D eigenvalue weighted by Gasteiger charge is -2.00. The maximum absolute atomic E-state index is 11.0. The number of rotatable bonds is 13. The molecule has 1 rings (SSSR count). The van der Waals surface area contributed by atoms with Gasteiger partial charge in [0.2, 0.25) is 0 Å². The van der Waals surface area contributed by atoms with Gasteiger partial charge in [-0.2, -0.15) is 0 Å². The molecule has 1 aromatic carbocycles. The molecule has 0 aromatic heterocycles. The molecule has 0 atom stereocenters. The third kappa shape index (κ3) is 14.1. The van der Waals surface area contributed by atoms with E-state index in [0.717, 1.165) is 51.4 Å². The molecule has 0 aliphatic carbocycles. The zero-order valence-corrected chi connectivity index (χ0v) is 17.7. The predicted molar refractivity (Wildman–Crippen MR) is 111 cm³/mol. The lowest BCUT2D eigenvalue weighted by Crippen LogP contribution is -2.04. The first kappa shape index (κ1) is 27.1. The Kier molecular flexibility index (Phi) is 15.4. The number of benzene rings is 1. The van der Waals surface area contributed by atoms with Crippen molar-refractivity contribution in [3.8, 4) is 0 Å². The van der Waals surface area contributed by atoms with Crippen LogP contribution in [0.3, 0.4) is 0 Å². The average molecular weight is 424 g/mol. The standard InChI is InChI=1S/C12H22O4.C10H10O4/c13-11(14)9-7-5-3-1-2-4-6-8-10-12(15)16;1-13-9(11)7-3-5-8(6-4-7)10(12)14-2/h1-10H2,(H,13,14)(H,15,16);3-6H,1-2H3. The lowest BCUT2D eigenvalue weighted by molar-refractivity contribution is -0.138. The number of hydrogen-bond donors (Lipinski definition) is 2. The van der Waals surface area contributed by atoms with E-state index in [1.807, 2.05) is 0 Å². The van der Waals surface area contributed by atoms with E-state index in [1.54, 1.807) is 0 Å². The van der Waals surface area contributed by atoms with Crippen LogP contribution < -0.4 is 0 Å². The van der Waals surface area contributed by atoms with Crippen molar-refractivity contribution in [1.82, 2.24) is 0 Å². The van der Waals surface area contributed by atoms with E-state index in [2.05, 4.69) is 9.47 Å². The van der Waals surface area contributed by atoms with Crippen LogP contribution in [-0.4, -0.2) is 48.3 Å². The van der Waals surface area contributed by atoms with E-state index in [1.165, 1.54) is 38.5 Å². The van der Waals surface area contributed by atoms with Crippen molar-refractivity contribution in [1.29, 1.82) is 0 Å². The number of methoxy groups -OCH3 is 2. The van der Waals surface area contributed by atoms with Crippen LogP contribution >= 0.6 is 0 Å². The van der Waals surface area contributed by atoms with Gasteiger partial charge < -0.3 is 19.7 Å². The first-order valence-electron chi connectivity index (χ1n) is 10.0. The van der Waals surface area contributed by atoms with Crippen LogP contribution in [0.4, 0.5) is 0 Å². The molecule has 0 radical (unpaired) electrons. The Morgan fingerprint density at radius 2 is 0.867 bits per heavy atom. The molecule has 0 spiro atoms. The van der Waals surface area contributed by atoms with Gasteiger partial charge in [0.1, 0.15) is 0 Å². The quantitative estimate of drug-likeness (QED) is 0.354. The molecule has 1 aromatic rings. The Balaban J connectivity index is 0.000000564. The minimum atomic E-state index is -0.714. The van der Waals surface area contributed by atoms with Crippen LogP contribution in [0.5, 0.6) is 0 Å². The smallest absolute Gasteiger partial charge is 0.337 e. The van der Waals surface area contributed by atoms with Crippen LogP contribution in [0, 0.1) is 0 Å². The third-order valence-corrected chi connectivity index (χ3v) is 4.26. The van der Waals surface area contributed by atoms with E-state index in [4.69, 9.17) is 10.2 Å². The van der Waals surface area contributed by atoms with Crippen LogP contribution in [0.15, 0.2) is 24.3 Å². The number of carbonyl (C=O) groups excluding carboxylic acids is 2. The minimum Gasteiger partial charge on any atom is -0.481 e. The lowest BCUT2D eigenvalue weighted by atomic mass is 10.1. The van der Waals surface area contributed by atoms with Crippen LogP contribution in [0.2, 0.25) is 0 Å². The topological polar surface area (TPSA) is 127 Å². The van der Waals surface area contributed by atoms with Crippen molar-refractivity contribution in [2.45, 2.75) is 64.2 Å². The fourth-order valence-electron chi connectivity index (χ4n) is 2.59. The van der Waals surface area contributed by atoms with Gasteiger partial charge in [0, 0.05) is 12.8 Å². The molecular weight excluding hydrogens is 392 g/mol. The van der Waals surface area contributed by atoms with Crippen molar-refractivity contribution in [3.63, 3.8) is 0 Å². The molecule has 0 unspecified atom stereocenters. The molecule has 8 heteroatoms. The molecule has 0 fully saturated rings. The van der Waals surface area contributed by atoms with Gasteiger partial charge in [0.15, 0.2) is 0 Å². The first-order chi connectivity index (χ1) is 14.3. The minimum absolute atomic E-state index is 0.276. The third-order valence-electron chi connectivity index (χ3n) is 4.26. The monoisotopic (exact) mass is 424 g/mol. The Labute approximate surface area is 177 Å². The predicted octanol–water partition coefficient (Wildman–Crippen LogP) is 4.32. The maximum Gasteiger partial charge on any atom is 0.337 e. The highest BCUT2D eigenvalue weighted by Crippen LogP contribution is 2.10. The number of esters is 2. The summed E-state index contributed by atoms with van der Waals surface area (Å²) in [5.41, 5.74) is 0.806. The highest BCUT2D eigenvalue weighted by molar-refractivity contribution is 5.93. The number of hydrogen-bond acceptors (Lipinski definition) is 6. The molecule has 0 aliphatic rings. The number of carboxylic acid groups (broad SMARTS) is 2. The van der Waals surface area contributed by atoms with E-state index in [0.29, 0.717) is 11.1 Å². The van der Waals surface area contributed by atoms with Crippen LogP contribution in [-0.2, 0) is 19.1 Å². The Hall–Kier alpha value is -2.90. The Morgan fingerprint density at radius 3 is 1.10 bits per heavy atom. The van der Waals surface area contributed by atoms with Gasteiger partial charge in [-0.1, -0.05) is 38.5 Å². The SMILES string of the molecule is COC(=O)c1ccc(C(=O)OC)cc1.O=C(O)CCCCCCCCCCC(=O)O. The van der Waals surface area contributed by atoms with Gasteiger partial charge in [0.25, 0.3) is 0 Å². The molecule has 2 N–H and O–H groups in total. The summed E-state index contributed by atoms with van der Waals surface area (Å²) in [6.45, 7) is 0. The summed E-state index contributed by atoms with van der Waals surface area (Å²) in [4.78, 5) is 42.5. The highest BCUT2D eigenvalue weighted by atomic mass is 16.5. The summed E-state index contributed by atoms with van der Waals surface area (Å²) in [7, 11) is 2.60. The van der Waals surface area contributed by atoms with Crippen LogP contribution in [0.1, 0.15) is 84.9 Å². The summed E-state index contributed by atoms with van der Waals surface area (Å²) in [5.74, 6) is -2.29. The number of aliphatic carboxylic acids is 2. The van der Waals surface area contributed by atoms with Gasteiger partial charge in [-0.05, 0) is 37.1 Å². The average Bonchev–Trinajstić information content (AvgIpc) is 2.74. The Morgan fingerprint density at radius 1 is 0.600 bits per heavy atom. The van der Waals surface area contributed by atoms with Crippen molar-refractivity contribution in [2.75, 3.05) is 14.2 Å². The van der Waals surface area contributed by atoms with Crippen molar-refractivity contribution >= 4 is 23.9 Å². The van der Waals surface area contributed by atoms with Crippen molar-refractivity contribution < 1.29 is 38.9 Å². The summed E-state index contributed by atoms with van der Waals surface area (Å²) in [6, 6.07) is 6.05.